The average Bonchev–Trinajstić information content (AvgIpc) is 2.52. The first-order valence-corrected chi connectivity index (χ1v) is 7.91. The van der Waals surface area contributed by atoms with E-state index >= 15 is 0 Å². The van der Waals surface area contributed by atoms with E-state index < -0.39 is 0 Å². The van der Waals surface area contributed by atoms with Gasteiger partial charge in [-0.1, -0.05) is 36.4 Å². The molecule has 2 heteroatoms. The van der Waals surface area contributed by atoms with E-state index in [-0.39, 0.29) is 0 Å². The lowest BCUT2D eigenvalue weighted by Gasteiger charge is -2.28. The van der Waals surface area contributed by atoms with Crippen LogP contribution in [-0.2, 0) is 6.54 Å². The van der Waals surface area contributed by atoms with Crippen molar-refractivity contribution in [2.45, 2.75) is 51.1 Å². The van der Waals surface area contributed by atoms with Crippen LogP contribution in [0.25, 0.3) is 0 Å². The zero-order valence-corrected chi connectivity index (χ0v) is 12.9. The Kier molecular flexibility index (Phi) is 6.28. The van der Waals surface area contributed by atoms with Crippen molar-refractivity contribution in [2.75, 3.05) is 13.6 Å². The highest BCUT2D eigenvalue weighted by atomic mass is 14.9. The molecule has 0 atom stereocenters. The summed E-state index contributed by atoms with van der Waals surface area (Å²) in [5.74, 6) is 0.768. The topological polar surface area (TPSA) is 24.1 Å². The smallest absolute Gasteiger partial charge is 0.0208 e. The third-order valence-electron chi connectivity index (χ3n) is 4.41. The molecule has 0 bridgehead atoms. The van der Waals surface area contributed by atoms with Crippen molar-refractivity contribution in [1.29, 1.82) is 0 Å². The van der Waals surface area contributed by atoms with Gasteiger partial charge in [0.15, 0.2) is 0 Å². The molecule has 2 nitrogen and oxygen atoms in total. The minimum absolute atomic E-state index is 0.737. The average molecular weight is 272 g/mol. The Morgan fingerprint density at radius 3 is 2.40 bits per heavy atom. The van der Waals surface area contributed by atoms with Crippen molar-refractivity contribution in [3.05, 3.63) is 47.5 Å². The second kappa shape index (κ2) is 8.23. The Hall–Kier alpha value is -1.12. The van der Waals surface area contributed by atoms with Crippen LogP contribution in [0, 0.1) is 0 Å². The van der Waals surface area contributed by atoms with Gasteiger partial charge in [0.2, 0.25) is 0 Å². The second-order valence-electron chi connectivity index (χ2n) is 5.78. The van der Waals surface area contributed by atoms with Gasteiger partial charge in [-0.05, 0) is 56.7 Å². The van der Waals surface area contributed by atoms with Gasteiger partial charge in [0, 0.05) is 19.1 Å². The Morgan fingerprint density at radius 2 is 1.80 bits per heavy atom. The summed E-state index contributed by atoms with van der Waals surface area (Å²) in [5.41, 5.74) is 2.90. The van der Waals surface area contributed by atoms with Crippen molar-refractivity contribution >= 4 is 0 Å². The largest absolute Gasteiger partial charge is 0.317 e. The van der Waals surface area contributed by atoms with E-state index in [1.165, 1.54) is 36.8 Å². The van der Waals surface area contributed by atoms with Gasteiger partial charge in [0.25, 0.3) is 0 Å². The molecule has 110 valence electrons. The summed E-state index contributed by atoms with van der Waals surface area (Å²) in [7, 11) is 2.08. The van der Waals surface area contributed by atoms with E-state index in [2.05, 4.69) is 61.0 Å². The minimum atomic E-state index is 0.737. The molecule has 1 saturated carbocycles. The lowest BCUT2D eigenvalue weighted by atomic mass is 9.81. The molecular formula is C18H28N2. The van der Waals surface area contributed by atoms with Crippen LogP contribution in [0.5, 0.6) is 0 Å². The van der Waals surface area contributed by atoms with Crippen molar-refractivity contribution in [1.82, 2.24) is 10.6 Å². The Balaban J connectivity index is 1.82. The maximum Gasteiger partial charge on any atom is 0.0208 e. The maximum absolute atomic E-state index is 3.42. The number of benzene rings is 1. The van der Waals surface area contributed by atoms with E-state index in [9.17, 15) is 0 Å². The van der Waals surface area contributed by atoms with Gasteiger partial charge < -0.3 is 10.6 Å². The van der Waals surface area contributed by atoms with Gasteiger partial charge in [-0.3, -0.25) is 0 Å². The van der Waals surface area contributed by atoms with E-state index in [0.29, 0.717) is 0 Å². The summed E-state index contributed by atoms with van der Waals surface area (Å²) in [6, 6.07) is 9.96. The second-order valence-corrected chi connectivity index (χ2v) is 5.78. The molecule has 1 aromatic rings. The third-order valence-corrected chi connectivity index (χ3v) is 4.41. The fraction of sp³-hybridized carbons (Fsp3) is 0.556. The lowest BCUT2D eigenvalue weighted by Crippen LogP contribution is -2.29. The molecule has 1 aliphatic carbocycles. The first kappa shape index (κ1) is 15.3. The zero-order chi connectivity index (χ0) is 14.2. The van der Waals surface area contributed by atoms with E-state index in [0.717, 1.165) is 25.0 Å². The van der Waals surface area contributed by atoms with Crippen LogP contribution in [-0.4, -0.2) is 19.6 Å². The molecule has 0 heterocycles. The van der Waals surface area contributed by atoms with Gasteiger partial charge in [0.1, 0.15) is 0 Å². The maximum atomic E-state index is 3.42. The summed E-state index contributed by atoms with van der Waals surface area (Å²) in [6.07, 6.45) is 9.50. The highest BCUT2D eigenvalue weighted by Gasteiger charge is 2.20. The minimum Gasteiger partial charge on any atom is -0.317 e. The fourth-order valence-electron chi connectivity index (χ4n) is 3.04. The van der Waals surface area contributed by atoms with Gasteiger partial charge in [-0.15, -0.1) is 0 Å². The van der Waals surface area contributed by atoms with Crippen LogP contribution in [0.15, 0.2) is 36.4 Å². The molecular weight excluding hydrogens is 244 g/mol. The molecule has 0 amide bonds. The van der Waals surface area contributed by atoms with Gasteiger partial charge >= 0.3 is 0 Å². The Morgan fingerprint density at radius 1 is 1.10 bits per heavy atom. The predicted octanol–water partition coefficient (Wildman–Crippen LogP) is 3.60. The van der Waals surface area contributed by atoms with Crippen LogP contribution in [0.1, 0.15) is 49.7 Å². The van der Waals surface area contributed by atoms with Gasteiger partial charge in [-0.25, -0.2) is 0 Å². The first-order valence-electron chi connectivity index (χ1n) is 7.91. The van der Waals surface area contributed by atoms with Crippen molar-refractivity contribution in [2.24, 2.45) is 0 Å². The summed E-state index contributed by atoms with van der Waals surface area (Å²) in [5, 5.41) is 6.82. The highest BCUT2D eigenvalue weighted by Crippen LogP contribution is 2.32. The number of hydrogen-bond donors (Lipinski definition) is 2. The van der Waals surface area contributed by atoms with Crippen LogP contribution < -0.4 is 10.6 Å². The molecule has 0 unspecified atom stereocenters. The summed E-state index contributed by atoms with van der Waals surface area (Å²) in [4.78, 5) is 0. The lowest BCUT2D eigenvalue weighted by molar-refractivity contribution is 0.359. The van der Waals surface area contributed by atoms with E-state index in [4.69, 9.17) is 0 Å². The molecule has 0 aliphatic heterocycles. The number of allylic oxidation sites excluding steroid dienone is 1. The third kappa shape index (κ3) is 4.46. The van der Waals surface area contributed by atoms with Gasteiger partial charge in [-0.2, -0.15) is 0 Å². The molecule has 0 aromatic heterocycles. The molecule has 0 radical (unpaired) electrons. The summed E-state index contributed by atoms with van der Waals surface area (Å²) >= 11 is 0. The summed E-state index contributed by atoms with van der Waals surface area (Å²) in [6.45, 7) is 3.96. The molecule has 0 saturated heterocycles. The number of nitrogens with one attached hydrogen (secondary N) is 2. The molecule has 2 rings (SSSR count). The normalized spacial score (nSPS) is 23.3. The predicted molar refractivity (Wildman–Crippen MR) is 87.0 cm³/mol. The fourth-order valence-corrected chi connectivity index (χ4v) is 3.04. The quantitative estimate of drug-likeness (QED) is 0.611. The highest BCUT2D eigenvalue weighted by molar-refractivity contribution is 5.25. The van der Waals surface area contributed by atoms with Gasteiger partial charge in [0.05, 0.1) is 0 Å². The Labute approximate surface area is 123 Å². The van der Waals surface area contributed by atoms with Crippen LogP contribution in [0.3, 0.4) is 0 Å². The molecule has 0 spiro atoms. The molecule has 20 heavy (non-hydrogen) atoms. The standard InChI is InChI=1S/C18H28N2/c1-3-4-13-20-14-15-5-7-16(8-6-15)17-9-11-18(19-2)12-10-17/h3-8,17-20H,9-14H2,1-2H3. The monoisotopic (exact) mass is 272 g/mol. The van der Waals surface area contributed by atoms with Crippen molar-refractivity contribution in [3.8, 4) is 0 Å². The van der Waals surface area contributed by atoms with Crippen molar-refractivity contribution in [3.63, 3.8) is 0 Å². The molecule has 1 aromatic carbocycles. The Bertz CT molecular complexity index is 400. The first-order chi connectivity index (χ1) is 9.83. The number of hydrogen-bond acceptors (Lipinski definition) is 2. The van der Waals surface area contributed by atoms with Crippen LogP contribution in [0.2, 0.25) is 0 Å². The molecule has 1 aliphatic rings. The number of rotatable bonds is 6. The molecule has 2 N–H and O–H groups in total. The summed E-state index contributed by atoms with van der Waals surface area (Å²) < 4.78 is 0. The zero-order valence-electron chi connectivity index (χ0n) is 12.9. The van der Waals surface area contributed by atoms with E-state index in [1.807, 2.05) is 0 Å². The van der Waals surface area contributed by atoms with E-state index in [1.54, 1.807) is 0 Å². The SMILES string of the molecule is CC=CCNCc1ccc(C2CCC(NC)CC2)cc1. The van der Waals surface area contributed by atoms with Crippen LogP contribution >= 0.6 is 0 Å². The van der Waals surface area contributed by atoms with Crippen molar-refractivity contribution < 1.29 is 0 Å². The molecule has 1 fully saturated rings. The van der Waals surface area contributed by atoms with Crippen LogP contribution in [0.4, 0.5) is 0 Å².